The van der Waals surface area contributed by atoms with Crippen LogP contribution in [-0.2, 0) is 6.54 Å². The standard InChI is InChI=1S/C12H12N2S2/c1-2-4-12-10(3-1)11(7-16-12)13-5-9-6-15-8-14-9/h1-4,6,8,11,13H,5,7H2. The minimum Gasteiger partial charge on any atom is -0.303 e. The lowest BCUT2D eigenvalue weighted by atomic mass is 10.1. The topological polar surface area (TPSA) is 24.9 Å². The molecule has 2 aromatic rings. The van der Waals surface area contributed by atoms with Crippen LogP contribution < -0.4 is 5.32 Å². The zero-order valence-corrected chi connectivity index (χ0v) is 10.4. The molecule has 2 heterocycles. The third-order valence-corrected chi connectivity index (χ3v) is 4.53. The van der Waals surface area contributed by atoms with Crippen LogP contribution >= 0.6 is 23.1 Å². The molecule has 4 heteroatoms. The summed E-state index contributed by atoms with van der Waals surface area (Å²) in [5, 5.41) is 5.66. The Hall–Kier alpha value is -0.840. The second kappa shape index (κ2) is 4.57. The summed E-state index contributed by atoms with van der Waals surface area (Å²) in [5.74, 6) is 1.13. The molecule has 1 aromatic carbocycles. The fourth-order valence-corrected chi connectivity index (χ4v) is 3.64. The minimum atomic E-state index is 0.475. The number of benzene rings is 1. The number of aromatic nitrogens is 1. The van der Waals surface area contributed by atoms with Crippen molar-refractivity contribution < 1.29 is 0 Å². The molecule has 0 amide bonds. The Morgan fingerprint density at radius 3 is 3.19 bits per heavy atom. The molecule has 1 unspecified atom stereocenters. The van der Waals surface area contributed by atoms with Gasteiger partial charge in [0, 0.05) is 28.6 Å². The average Bonchev–Trinajstić information content (AvgIpc) is 2.96. The third kappa shape index (κ3) is 2.00. The fourth-order valence-electron chi connectivity index (χ4n) is 1.88. The van der Waals surface area contributed by atoms with Gasteiger partial charge < -0.3 is 5.32 Å². The lowest BCUT2D eigenvalue weighted by Crippen LogP contribution is -2.20. The largest absolute Gasteiger partial charge is 0.303 e. The van der Waals surface area contributed by atoms with Gasteiger partial charge in [0.05, 0.1) is 11.2 Å². The van der Waals surface area contributed by atoms with Gasteiger partial charge in [-0.2, -0.15) is 0 Å². The van der Waals surface area contributed by atoms with E-state index in [1.54, 1.807) is 11.3 Å². The Kier molecular flexibility index (Phi) is 2.95. The molecule has 0 spiro atoms. The molecule has 1 N–H and O–H groups in total. The van der Waals surface area contributed by atoms with Crippen molar-refractivity contribution in [1.29, 1.82) is 0 Å². The van der Waals surface area contributed by atoms with Crippen molar-refractivity contribution in [1.82, 2.24) is 10.3 Å². The van der Waals surface area contributed by atoms with E-state index in [-0.39, 0.29) is 0 Å². The van der Waals surface area contributed by atoms with Crippen molar-refractivity contribution >= 4 is 23.1 Å². The highest BCUT2D eigenvalue weighted by atomic mass is 32.2. The number of nitrogens with one attached hydrogen (secondary N) is 1. The van der Waals surface area contributed by atoms with Crippen LogP contribution in [0, 0.1) is 0 Å². The van der Waals surface area contributed by atoms with Gasteiger partial charge in [0.25, 0.3) is 0 Å². The monoisotopic (exact) mass is 248 g/mol. The van der Waals surface area contributed by atoms with E-state index in [1.807, 2.05) is 17.3 Å². The molecule has 1 aromatic heterocycles. The maximum Gasteiger partial charge on any atom is 0.0795 e. The molecule has 0 bridgehead atoms. The van der Waals surface area contributed by atoms with Crippen LogP contribution in [0.2, 0.25) is 0 Å². The summed E-state index contributed by atoms with van der Waals surface area (Å²) in [7, 11) is 0. The highest BCUT2D eigenvalue weighted by Crippen LogP contribution is 2.37. The molecule has 0 fully saturated rings. The van der Waals surface area contributed by atoms with Gasteiger partial charge in [0.15, 0.2) is 0 Å². The van der Waals surface area contributed by atoms with Crippen LogP contribution in [0.1, 0.15) is 17.3 Å². The molecule has 82 valence electrons. The summed E-state index contributed by atoms with van der Waals surface area (Å²) in [6.07, 6.45) is 0. The van der Waals surface area contributed by atoms with E-state index in [1.165, 1.54) is 10.5 Å². The third-order valence-electron chi connectivity index (χ3n) is 2.71. The van der Waals surface area contributed by atoms with Crippen LogP contribution in [0.25, 0.3) is 0 Å². The van der Waals surface area contributed by atoms with E-state index in [0.717, 1.165) is 18.0 Å². The number of thioether (sulfide) groups is 1. The molecule has 1 atom stereocenters. The lowest BCUT2D eigenvalue weighted by Gasteiger charge is -2.11. The molecule has 0 aliphatic carbocycles. The molecule has 1 aliphatic heterocycles. The Morgan fingerprint density at radius 2 is 2.31 bits per heavy atom. The molecule has 3 rings (SSSR count). The second-order valence-corrected chi connectivity index (χ2v) is 5.54. The summed E-state index contributed by atoms with van der Waals surface area (Å²) >= 11 is 3.58. The van der Waals surface area contributed by atoms with Crippen LogP contribution in [0.5, 0.6) is 0 Å². The number of thiazole rings is 1. The zero-order chi connectivity index (χ0) is 10.8. The van der Waals surface area contributed by atoms with Gasteiger partial charge in [-0.05, 0) is 11.6 Å². The fraction of sp³-hybridized carbons (Fsp3) is 0.250. The summed E-state index contributed by atoms with van der Waals surface area (Å²) in [6, 6.07) is 9.11. The normalized spacial score (nSPS) is 18.6. The van der Waals surface area contributed by atoms with Crippen molar-refractivity contribution in [3.8, 4) is 0 Å². The van der Waals surface area contributed by atoms with Crippen LogP contribution in [0.15, 0.2) is 40.1 Å². The lowest BCUT2D eigenvalue weighted by molar-refractivity contribution is 0.578. The summed E-state index contributed by atoms with van der Waals surface area (Å²) in [5.41, 5.74) is 4.45. The average molecular weight is 248 g/mol. The van der Waals surface area contributed by atoms with Crippen molar-refractivity contribution in [2.24, 2.45) is 0 Å². The predicted molar refractivity (Wildman–Crippen MR) is 68.9 cm³/mol. The summed E-state index contributed by atoms with van der Waals surface area (Å²) in [6.45, 7) is 0.864. The molecule has 0 saturated heterocycles. The van der Waals surface area contributed by atoms with Crippen LogP contribution in [-0.4, -0.2) is 10.7 Å². The Morgan fingerprint density at radius 1 is 1.38 bits per heavy atom. The van der Waals surface area contributed by atoms with Crippen molar-refractivity contribution in [3.63, 3.8) is 0 Å². The molecular weight excluding hydrogens is 236 g/mol. The van der Waals surface area contributed by atoms with Crippen LogP contribution in [0.4, 0.5) is 0 Å². The first-order valence-corrected chi connectivity index (χ1v) is 7.18. The number of hydrogen-bond acceptors (Lipinski definition) is 4. The number of hydrogen-bond donors (Lipinski definition) is 1. The minimum absolute atomic E-state index is 0.475. The highest BCUT2D eigenvalue weighted by molar-refractivity contribution is 7.99. The van der Waals surface area contributed by atoms with Gasteiger partial charge in [-0.15, -0.1) is 23.1 Å². The first-order valence-electron chi connectivity index (χ1n) is 5.25. The van der Waals surface area contributed by atoms with Gasteiger partial charge in [-0.1, -0.05) is 18.2 Å². The first-order chi connectivity index (χ1) is 7.93. The second-order valence-electron chi connectivity index (χ2n) is 3.76. The maximum atomic E-state index is 4.28. The predicted octanol–water partition coefficient (Wildman–Crippen LogP) is 3.08. The highest BCUT2D eigenvalue weighted by Gasteiger charge is 2.21. The molecular formula is C12H12N2S2. The zero-order valence-electron chi connectivity index (χ0n) is 8.72. The van der Waals surface area contributed by atoms with Crippen molar-refractivity contribution in [2.45, 2.75) is 17.5 Å². The van der Waals surface area contributed by atoms with Gasteiger partial charge in [0.1, 0.15) is 0 Å². The molecule has 0 radical (unpaired) electrons. The van der Waals surface area contributed by atoms with Gasteiger partial charge in [0.2, 0.25) is 0 Å². The van der Waals surface area contributed by atoms with E-state index in [2.05, 4.69) is 39.9 Å². The number of fused-ring (bicyclic) bond motifs is 1. The van der Waals surface area contributed by atoms with E-state index in [9.17, 15) is 0 Å². The van der Waals surface area contributed by atoms with Crippen molar-refractivity contribution in [2.75, 3.05) is 5.75 Å². The number of nitrogens with zero attached hydrogens (tertiary/aromatic N) is 1. The van der Waals surface area contributed by atoms with Crippen molar-refractivity contribution in [3.05, 3.63) is 46.4 Å². The molecule has 1 aliphatic rings. The van der Waals surface area contributed by atoms with E-state index in [4.69, 9.17) is 0 Å². The van der Waals surface area contributed by atoms with Crippen LogP contribution in [0.3, 0.4) is 0 Å². The molecule has 0 saturated carbocycles. The van der Waals surface area contributed by atoms with Gasteiger partial charge in [-0.3, -0.25) is 0 Å². The number of rotatable bonds is 3. The quantitative estimate of drug-likeness (QED) is 0.903. The van der Waals surface area contributed by atoms with E-state index >= 15 is 0 Å². The Labute approximate surface area is 103 Å². The Bertz CT molecular complexity index is 468. The maximum absolute atomic E-state index is 4.28. The molecule has 16 heavy (non-hydrogen) atoms. The summed E-state index contributed by atoms with van der Waals surface area (Å²) < 4.78 is 0. The summed E-state index contributed by atoms with van der Waals surface area (Å²) in [4.78, 5) is 5.70. The first kappa shape index (κ1) is 10.3. The smallest absolute Gasteiger partial charge is 0.0795 e. The van der Waals surface area contributed by atoms with E-state index < -0.39 is 0 Å². The van der Waals surface area contributed by atoms with Gasteiger partial charge >= 0.3 is 0 Å². The SMILES string of the molecule is c1ccc2c(c1)SCC2NCc1cscn1. The van der Waals surface area contributed by atoms with Gasteiger partial charge in [-0.25, -0.2) is 4.98 Å². The van der Waals surface area contributed by atoms with E-state index in [0.29, 0.717) is 6.04 Å². The molecule has 2 nitrogen and oxygen atoms in total. The Balaban J connectivity index is 1.69.